The molecule has 7 aliphatic carbocycles. The second kappa shape index (κ2) is 6.49. The van der Waals surface area contributed by atoms with Gasteiger partial charge in [0.2, 0.25) is 0 Å². The summed E-state index contributed by atoms with van der Waals surface area (Å²) >= 11 is 0. The lowest BCUT2D eigenvalue weighted by molar-refractivity contribution is -0.0778. The minimum Gasteiger partial charge on any atom is -0.0763 e. The van der Waals surface area contributed by atoms with Crippen molar-refractivity contribution in [3.63, 3.8) is 0 Å². The molecule has 0 heterocycles. The predicted molar refractivity (Wildman–Crippen MR) is 134 cm³/mol. The molecule has 1 aromatic carbocycles. The van der Waals surface area contributed by atoms with Crippen LogP contribution < -0.4 is 0 Å². The van der Waals surface area contributed by atoms with E-state index in [1.165, 1.54) is 55.2 Å². The van der Waals surface area contributed by atoms with Gasteiger partial charge >= 0.3 is 0 Å². The largest absolute Gasteiger partial charge is 0.0763 e. The Morgan fingerprint density at radius 1 is 0.906 bits per heavy atom. The molecule has 0 nitrogen and oxygen atoms in total. The molecule has 0 aliphatic heterocycles. The van der Waals surface area contributed by atoms with Gasteiger partial charge in [-0.3, -0.25) is 0 Å². The zero-order valence-electron chi connectivity index (χ0n) is 19.9. The van der Waals surface area contributed by atoms with Gasteiger partial charge in [0.25, 0.3) is 0 Å². The van der Waals surface area contributed by atoms with E-state index in [0.717, 1.165) is 23.7 Å². The average molecular weight is 421 g/mol. The lowest BCUT2D eigenvalue weighted by Crippen LogP contribution is -2.52. The molecule has 8 rings (SSSR count). The fourth-order valence-electron chi connectivity index (χ4n) is 9.07. The second-order valence-corrected chi connectivity index (χ2v) is 12.4. The maximum atomic E-state index is 2.67. The molecule has 7 aliphatic rings. The summed E-state index contributed by atoms with van der Waals surface area (Å²) in [5.41, 5.74) is 9.83. The van der Waals surface area contributed by atoms with Crippen LogP contribution in [-0.4, -0.2) is 0 Å². The van der Waals surface area contributed by atoms with Crippen LogP contribution in [0.2, 0.25) is 0 Å². The molecule has 4 fully saturated rings. The SMILES string of the molecule is CC(C)(C1=CCC(C2(C)C3CC4CC(C3)CC2C4)=C1)C1=C2C=CC=CC2c2ccccc21. The molecular weight excluding hydrogens is 384 g/mol. The number of fused-ring (bicyclic) bond motifs is 3. The average Bonchev–Trinajstić information content (AvgIpc) is 3.41. The van der Waals surface area contributed by atoms with Gasteiger partial charge in [0, 0.05) is 11.3 Å². The van der Waals surface area contributed by atoms with E-state index < -0.39 is 0 Å². The maximum absolute atomic E-state index is 2.67. The second-order valence-electron chi connectivity index (χ2n) is 12.4. The van der Waals surface area contributed by atoms with Gasteiger partial charge in [0.05, 0.1) is 0 Å². The minimum absolute atomic E-state index is 0.0275. The van der Waals surface area contributed by atoms with Crippen molar-refractivity contribution in [2.24, 2.45) is 34.5 Å². The van der Waals surface area contributed by atoms with Gasteiger partial charge in [-0.1, -0.05) is 87.1 Å². The van der Waals surface area contributed by atoms with E-state index >= 15 is 0 Å². The molecule has 4 saturated carbocycles. The molecule has 0 radical (unpaired) electrons. The molecule has 1 aromatic rings. The zero-order chi connectivity index (χ0) is 21.7. The summed E-state index contributed by atoms with van der Waals surface area (Å²) in [5, 5.41) is 0. The van der Waals surface area contributed by atoms with Crippen LogP contribution >= 0.6 is 0 Å². The van der Waals surface area contributed by atoms with E-state index in [-0.39, 0.29) is 5.41 Å². The lowest BCUT2D eigenvalue weighted by atomic mass is 9.44. The van der Waals surface area contributed by atoms with Crippen molar-refractivity contribution in [3.05, 3.63) is 88.6 Å². The highest BCUT2D eigenvalue weighted by Gasteiger charge is 2.56. The van der Waals surface area contributed by atoms with E-state index in [9.17, 15) is 0 Å². The van der Waals surface area contributed by atoms with E-state index in [4.69, 9.17) is 0 Å². The minimum atomic E-state index is 0.0275. The van der Waals surface area contributed by atoms with E-state index in [2.05, 4.69) is 81.5 Å². The molecule has 0 heteroatoms. The first-order chi connectivity index (χ1) is 15.5. The lowest BCUT2D eigenvalue weighted by Gasteiger charge is -2.61. The molecule has 0 N–H and O–H groups in total. The Balaban J connectivity index is 1.28. The summed E-state index contributed by atoms with van der Waals surface area (Å²) in [6, 6.07) is 9.13. The smallest absolute Gasteiger partial charge is 0.0281 e. The normalized spacial score (nSPS) is 38.8. The number of allylic oxidation sites excluding steroid dienone is 10. The van der Waals surface area contributed by atoms with Gasteiger partial charge in [-0.15, -0.1) is 0 Å². The van der Waals surface area contributed by atoms with E-state index in [0.29, 0.717) is 11.3 Å². The first-order valence-electron chi connectivity index (χ1n) is 13.1. The molecule has 4 bridgehead atoms. The number of hydrogen-bond donors (Lipinski definition) is 0. The Labute approximate surface area is 193 Å². The van der Waals surface area contributed by atoms with Crippen LogP contribution in [-0.2, 0) is 0 Å². The molecule has 1 atom stereocenters. The predicted octanol–water partition coefficient (Wildman–Crippen LogP) is 8.41. The maximum Gasteiger partial charge on any atom is 0.0281 e. The van der Waals surface area contributed by atoms with Crippen LogP contribution in [0.25, 0.3) is 5.57 Å². The van der Waals surface area contributed by atoms with Crippen molar-refractivity contribution in [2.75, 3.05) is 0 Å². The van der Waals surface area contributed by atoms with Crippen LogP contribution in [0.5, 0.6) is 0 Å². The summed E-state index contributed by atoms with van der Waals surface area (Å²) in [4.78, 5) is 0. The molecule has 0 aromatic heterocycles. The Morgan fingerprint density at radius 2 is 1.62 bits per heavy atom. The first-order valence-corrected chi connectivity index (χ1v) is 13.1. The highest BCUT2D eigenvalue weighted by molar-refractivity contribution is 5.87. The number of hydrogen-bond acceptors (Lipinski definition) is 0. The molecule has 32 heavy (non-hydrogen) atoms. The highest BCUT2D eigenvalue weighted by Crippen LogP contribution is 2.66. The Hall–Kier alpha value is -2.08. The molecule has 1 unspecified atom stereocenters. The van der Waals surface area contributed by atoms with Crippen molar-refractivity contribution in [2.45, 2.75) is 65.2 Å². The quantitative estimate of drug-likeness (QED) is 0.460. The van der Waals surface area contributed by atoms with Crippen LogP contribution in [0.15, 0.2) is 77.4 Å². The number of benzene rings is 1. The third-order valence-corrected chi connectivity index (χ3v) is 10.6. The first kappa shape index (κ1) is 19.4. The molecule has 164 valence electrons. The highest BCUT2D eigenvalue weighted by atomic mass is 14.6. The zero-order valence-corrected chi connectivity index (χ0v) is 19.9. The molecular formula is C32H36. The van der Waals surface area contributed by atoms with Crippen LogP contribution in [0, 0.1) is 34.5 Å². The van der Waals surface area contributed by atoms with Gasteiger partial charge in [0.15, 0.2) is 0 Å². The Kier molecular flexibility index (Phi) is 3.94. The fourth-order valence-corrected chi connectivity index (χ4v) is 9.07. The van der Waals surface area contributed by atoms with E-state index in [1.54, 1.807) is 16.7 Å². The van der Waals surface area contributed by atoms with Gasteiger partial charge in [-0.05, 0) is 95.5 Å². The standard InChI is InChI=1S/C32H36/c1-31(2,30-28-10-6-4-8-26(28)27-9-5-7-11-29(27)30)22-12-13-23(19-22)32(3)24-15-20-14-21(17-24)18-25(32)16-20/h4-12,19-21,24-26H,13-18H2,1-3H3. The summed E-state index contributed by atoms with van der Waals surface area (Å²) in [6.45, 7) is 7.61. The van der Waals surface area contributed by atoms with Gasteiger partial charge < -0.3 is 0 Å². The summed E-state index contributed by atoms with van der Waals surface area (Å²) in [5.74, 6) is 4.39. The van der Waals surface area contributed by atoms with Gasteiger partial charge in [-0.2, -0.15) is 0 Å². The summed E-state index contributed by atoms with van der Waals surface area (Å²) in [6.07, 6.45) is 23.2. The molecule has 0 saturated heterocycles. The summed E-state index contributed by atoms with van der Waals surface area (Å²) in [7, 11) is 0. The van der Waals surface area contributed by atoms with Gasteiger partial charge in [0.1, 0.15) is 0 Å². The van der Waals surface area contributed by atoms with Crippen molar-refractivity contribution >= 4 is 5.57 Å². The van der Waals surface area contributed by atoms with Crippen LogP contribution in [0.1, 0.15) is 76.3 Å². The fraction of sp³-hybridized carbons (Fsp3) is 0.500. The van der Waals surface area contributed by atoms with Crippen LogP contribution in [0.4, 0.5) is 0 Å². The van der Waals surface area contributed by atoms with E-state index in [1.807, 2.05) is 0 Å². The number of rotatable bonds is 3. The van der Waals surface area contributed by atoms with Crippen molar-refractivity contribution in [1.29, 1.82) is 0 Å². The van der Waals surface area contributed by atoms with Crippen molar-refractivity contribution < 1.29 is 0 Å². The monoisotopic (exact) mass is 420 g/mol. The van der Waals surface area contributed by atoms with Crippen molar-refractivity contribution in [1.82, 2.24) is 0 Å². The molecule has 0 spiro atoms. The van der Waals surface area contributed by atoms with Crippen LogP contribution in [0.3, 0.4) is 0 Å². The van der Waals surface area contributed by atoms with Gasteiger partial charge in [-0.25, -0.2) is 0 Å². The Morgan fingerprint density at radius 3 is 2.38 bits per heavy atom. The third kappa shape index (κ3) is 2.45. The third-order valence-electron chi connectivity index (χ3n) is 10.6. The summed E-state index contributed by atoms with van der Waals surface area (Å²) < 4.78 is 0. The molecule has 0 amide bonds. The van der Waals surface area contributed by atoms with Crippen molar-refractivity contribution in [3.8, 4) is 0 Å². The Bertz CT molecular complexity index is 1120. The topological polar surface area (TPSA) is 0 Å².